The summed E-state index contributed by atoms with van der Waals surface area (Å²) in [4.78, 5) is 4.43. The summed E-state index contributed by atoms with van der Waals surface area (Å²) in [6.07, 6.45) is 7.75. The number of hydrogen-bond acceptors (Lipinski definition) is 2. The average Bonchev–Trinajstić information content (AvgIpc) is 2.52. The monoisotopic (exact) mass is 266 g/mol. The third-order valence-electron chi connectivity index (χ3n) is 3.49. The molecule has 1 aromatic carbocycles. The van der Waals surface area contributed by atoms with Crippen molar-refractivity contribution < 1.29 is 0 Å². The molecule has 0 unspecified atom stereocenters. The topological polar surface area (TPSA) is 36.7 Å². The third-order valence-corrected chi connectivity index (χ3v) is 3.49. The van der Waals surface area contributed by atoms with E-state index < -0.39 is 0 Å². The van der Waals surface area contributed by atoms with Gasteiger partial charge in [-0.2, -0.15) is 0 Å². The van der Waals surface area contributed by atoms with Gasteiger partial charge in [-0.15, -0.1) is 0 Å². The summed E-state index contributed by atoms with van der Waals surface area (Å²) in [5.74, 6) is 0. The number of benzene rings is 1. The van der Waals surface area contributed by atoms with Crippen molar-refractivity contribution >= 4 is 5.71 Å². The van der Waals surface area contributed by atoms with E-state index in [-0.39, 0.29) is 0 Å². The van der Waals surface area contributed by atoms with Crippen molar-refractivity contribution in [3.05, 3.63) is 65.5 Å². The lowest BCUT2D eigenvalue weighted by molar-refractivity contribution is 0.665. The van der Waals surface area contributed by atoms with E-state index in [0.29, 0.717) is 5.71 Å². The summed E-state index contributed by atoms with van der Waals surface area (Å²) >= 11 is 0. The van der Waals surface area contributed by atoms with Gasteiger partial charge in [0.15, 0.2) is 0 Å². The first-order chi connectivity index (χ1) is 9.83. The van der Waals surface area contributed by atoms with E-state index >= 15 is 0 Å². The standard InChI is InChI=1S/C18H22N2/c1-2-3-4-6-12-16-13-9-14-20-18(16)17(19)15-10-7-5-8-11-15/h5,7-11,13-14,19H,2-4,6,12H2,1H3. The predicted molar refractivity (Wildman–Crippen MR) is 84.5 cm³/mol. The van der Waals surface area contributed by atoms with E-state index in [1.54, 1.807) is 6.20 Å². The zero-order valence-electron chi connectivity index (χ0n) is 12.1. The second-order valence-corrected chi connectivity index (χ2v) is 5.06. The molecule has 0 amide bonds. The largest absolute Gasteiger partial charge is 0.298 e. The maximum absolute atomic E-state index is 8.37. The fourth-order valence-corrected chi connectivity index (χ4v) is 2.35. The predicted octanol–water partition coefficient (Wildman–Crippen LogP) is 4.62. The van der Waals surface area contributed by atoms with Crippen molar-refractivity contribution in [2.24, 2.45) is 0 Å². The zero-order chi connectivity index (χ0) is 14.2. The third kappa shape index (κ3) is 3.77. The molecule has 20 heavy (non-hydrogen) atoms. The molecule has 0 saturated carbocycles. The lowest BCUT2D eigenvalue weighted by atomic mass is 9.99. The maximum atomic E-state index is 8.37. The molecule has 1 aromatic heterocycles. The van der Waals surface area contributed by atoms with Gasteiger partial charge in [-0.1, -0.05) is 62.6 Å². The maximum Gasteiger partial charge on any atom is 0.0916 e. The van der Waals surface area contributed by atoms with Crippen LogP contribution in [0.3, 0.4) is 0 Å². The van der Waals surface area contributed by atoms with E-state index in [1.165, 1.54) is 31.2 Å². The molecule has 0 saturated heterocycles. The molecule has 0 bridgehead atoms. The van der Waals surface area contributed by atoms with Crippen LogP contribution in [0.5, 0.6) is 0 Å². The smallest absolute Gasteiger partial charge is 0.0916 e. The van der Waals surface area contributed by atoms with E-state index in [1.807, 2.05) is 36.4 Å². The van der Waals surface area contributed by atoms with Gasteiger partial charge in [-0.25, -0.2) is 0 Å². The van der Waals surface area contributed by atoms with Crippen molar-refractivity contribution in [3.8, 4) is 0 Å². The van der Waals surface area contributed by atoms with Gasteiger partial charge in [-0.3, -0.25) is 10.4 Å². The van der Waals surface area contributed by atoms with Crippen LogP contribution in [0.4, 0.5) is 0 Å². The van der Waals surface area contributed by atoms with Crippen molar-refractivity contribution in [1.82, 2.24) is 4.98 Å². The molecule has 0 radical (unpaired) electrons. The lowest BCUT2D eigenvalue weighted by Crippen LogP contribution is -2.08. The lowest BCUT2D eigenvalue weighted by Gasteiger charge is -2.09. The Labute approximate surface area is 121 Å². The summed E-state index contributed by atoms with van der Waals surface area (Å²) < 4.78 is 0. The van der Waals surface area contributed by atoms with Crippen LogP contribution in [0.2, 0.25) is 0 Å². The van der Waals surface area contributed by atoms with E-state index in [9.17, 15) is 0 Å². The van der Waals surface area contributed by atoms with Crippen molar-refractivity contribution in [2.45, 2.75) is 39.0 Å². The summed E-state index contributed by atoms with van der Waals surface area (Å²) in [6.45, 7) is 2.22. The van der Waals surface area contributed by atoms with Crippen LogP contribution < -0.4 is 0 Å². The molecule has 104 valence electrons. The number of nitrogens with one attached hydrogen (secondary N) is 1. The van der Waals surface area contributed by atoms with E-state index in [4.69, 9.17) is 5.41 Å². The summed E-state index contributed by atoms with van der Waals surface area (Å²) in [5, 5.41) is 8.37. The first-order valence-corrected chi connectivity index (χ1v) is 7.41. The second kappa shape index (κ2) is 7.59. The van der Waals surface area contributed by atoms with Gasteiger partial charge in [0.25, 0.3) is 0 Å². The van der Waals surface area contributed by atoms with Crippen LogP contribution in [0.1, 0.15) is 49.4 Å². The molecule has 0 fully saturated rings. The van der Waals surface area contributed by atoms with Crippen LogP contribution in [0.25, 0.3) is 0 Å². The van der Waals surface area contributed by atoms with Crippen LogP contribution in [0.15, 0.2) is 48.7 Å². The zero-order valence-corrected chi connectivity index (χ0v) is 12.1. The van der Waals surface area contributed by atoms with E-state index in [2.05, 4.69) is 18.0 Å². The molecular weight excluding hydrogens is 244 g/mol. The Bertz CT molecular complexity index is 546. The quantitative estimate of drug-likeness (QED) is 0.576. The van der Waals surface area contributed by atoms with Crippen molar-refractivity contribution in [3.63, 3.8) is 0 Å². The number of aromatic nitrogens is 1. The Balaban J connectivity index is 2.13. The molecule has 1 N–H and O–H groups in total. The SMILES string of the molecule is CCCCCCc1cccnc1C(=N)c1ccccc1. The Morgan fingerprint density at radius 2 is 1.80 bits per heavy atom. The minimum Gasteiger partial charge on any atom is -0.298 e. The molecule has 0 aliphatic carbocycles. The van der Waals surface area contributed by atoms with Crippen LogP contribution in [0, 0.1) is 5.41 Å². The Morgan fingerprint density at radius 3 is 2.55 bits per heavy atom. The van der Waals surface area contributed by atoms with Gasteiger partial charge in [0.1, 0.15) is 0 Å². The first-order valence-electron chi connectivity index (χ1n) is 7.41. The molecule has 0 spiro atoms. The fourth-order valence-electron chi connectivity index (χ4n) is 2.35. The minimum atomic E-state index is 0.525. The highest BCUT2D eigenvalue weighted by Crippen LogP contribution is 2.15. The molecule has 0 atom stereocenters. The van der Waals surface area contributed by atoms with Crippen LogP contribution in [-0.2, 0) is 6.42 Å². The molecule has 0 aliphatic rings. The Kier molecular flexibility index (Phi) is 5.48. The normalized spacial score (nSPS) is 10.4. The molecule has 1 heterocycles. The highest BCUT2D eigenvalue weighted by molar-refractivity contribution is 6.10. The van der Waals surface area contributed by atoms with E-state index in [0.717, 1.165) is 17.7 Å². The molecule has 2 heteroatoms. The van der Waals surface area contributed by atoms with Gasteiger partial charge >= 0.3 is 0 Å². The highest BCUT2D eigenvalue weighted by Gasteiger charge is 2.10. The van der Waals surface area contributed by atoms with Gasteiger partial charge in [-0.05, 0) is 24.5 Å². The van der Waals surface area contributed by atoms with Crippen LogP contribution >= 0.6 is 0 Å². The van der Waals surface area contributed by atoms with Gasteiger partial charge < -0.3 is 0 Å². The van der Waals surface area contributed by atoms with Gasteiger partial charge in [0.2, 0.25) is 0 Å². The molecule has 2 nitrogen and oxygen atoms in total. The Hall–Kier alpha value is -1.96. The summed E-state index contributed by atoms with van der Waals surface area (Å²) in [7, 11) is 0. The molecular formula is C18H22N2. The minimum absolute atomic E-state index is 0.525. The number of nitrogens with zero attached hydrogens (tertiary/aromatic N) is 1. The molecule has 2 aromatic rings. The average molecular weight is 266 g/mol. The summed E-state index contributed by atoms with van der Waals surface area (Å²) in [6, 6.07) is 13.9. The number of aryl methyl sites for hydroxylation is 1. The fraction of sp³-hybridized carbons (Fsp3) is 0.333. The van der Waals surface area contributed by atoms with Gasteiger partial charge in [0, 0.05) is 11.8 Å². The van der Waals surface area contributed by atoms with Gasteiger partial charge in [0.05, 0.1) is 11.4 Å². The second-order valence-electron chi connectivity index (χ2n) is 5.06. The van der Waals surface area contributed by atoms with Crippen molar-refractivity contribution in [2.75, 3.05) is 0 Å². The highest BCUT2D eigenvalue weighted by atomic mass is 14.7. The first kappa shape index (κ1) is 14.4. The number of rotatable bonds is 7. The number of hydrogen-bond donors (Lipinski definition) is 1. The molecule has 2 rings (SSSR count). The molecule has 0 aliphatic heterocycles. The summed E-state index contributed by atoms with van der Waals surface area (Å²) in [5.41, 5.74) is 3.48. The number of pyridine rings is 1. The number of unbranched alkanes of at least 4 members (excludes halogenated alkanes) is 3. The Morgan fingerprint density at radius 1 is 1.00 bits per heavy atom. The van der Waals surface area contributed by atoms with Crippen LogP contribution in [-0.4, -0.2) is 10.7 Å². The van der Waals surface area contributed by atoms with Crippen molar-refractivity contribution in [1.29, 1.82) is 5.41 Å².